The molecule has 1 N–H and O–H groups in total. The molecule has 0 saturated carbocycles. The molecule has 0 bridgehead atoms. The first-order chi connectivity index (χ1) is 9.20. The molecule has 104 valence electrons. The second-order valence-corrected chi connectivity index (χ2v) is 4.88. The minimum absolute atomic E-state index is 0.343. The van der Waals surface area contributed by atoms with Crippen molar-refractivity contribution in [3.63, 3.8) is 0 Å². The van der Waals surface area contributed by atoms with Crippen LogP contribution in [0, 0.1) is 0 Å². The van der Waals surface area contributed by atoms with E-state index < -0.39 is 30.9 Å². The Kier molecular flexibility index (Phi) is 3.56. The van der Waals surface area contributed by atoms with Crippen LogP contribution in [-0.2, 0) is 18.9 Å². The van der Waals surface area contributed by atoms with Gasteiger partial charge in [0.1, 0.15) is 18.3 Å². The van der Waals surface area contributed by atoms with Gasteiger partial charge in [-0.1, -0.05) is 30.3 Å². The van der Waals surface area contributed by atoms with Gasteiger partial charge in [-0.2, -0.15) is 0 Å². The minimum atomic E-state index is -0.717. The molecule has 2 saturated heterocycles. The van der Waals surface area contributed by atoms with E-state index in [9.17, 15) is 5.11 Å². The van der Waals surface area contributed by atoms with Crippen molar-refractivity contribution in [3.05, 3.63) is 35.9 Å². The summed E-state index contributed by atoms with van der Waals surface area (Å²) in [5.74, 6) is 0. The maximum Gasteiger partial charge on any atom is 0.186 e. The Hall–Kier alpha value is -0.980. The van der Waals surface area contributed by atoms with Crippen LogP contribution in [0.15, 0.2) is 30.3 Å². The van der Waals surface area contributed by atoms with E-state index in [-0.39, 0.29) is 6.10 Å². The number of hydrogen-bond donors (Lipinski definition) is 1. The van der Waals surface area contributed by atoms with Gasteiger partial charge in [0.15, 0.2) is 12.6 Å². The smallest absolute Gasteiger partial charge is 0.186 e. The van der Waals surface area contributed by atoms with E-state index in [0.29, 0.717) is 0 Å². The summed E-state index contributed by atoms with van der Waals surface area (Å²) in [6, 6.07) is 9.64. The van der Waals surface area contributed by atoms with Crippen molar-refractivity contribution in [2.24, 2.45) is 0 Å². The molecule has 0 aromatic heterocycles. The zero-order chi connectivity index (χ0) is 13.4. The molecule has 2 heterocycles. The first-order valence-electron chi connectivity index (χ1n) is 6.43. The molecule has 2 fully saturated rings. The predicted octanol–water partition coefficient (Wildman–Crippen LogP) is 1.22. The number of fused-ring (bicyclic) bond motifs is 1. The highest BCUT2D eigenvalue weighted by molar-refractivity contribution is 5.17. The van der Waals surface area contributed by atoms with Crippen LogP contribution in [0.1, 0.15) is 18.8 Å². The van der Waals surface area contributed by atoms with Gasteiger partial charge in [0, 0.05) is 12.7 Å². The maximum absolute atomic E-state index is 10.1. The summed E-state index contributed by atoms with van der Waals surface area (Å²) in [5.41, 5.74) is 0.923. The maximum atomic E-state index is 10.1. The first kappa shape index (κ1) is 13.0. The molecule has 3 rings (SSSR count). The summed E-state index contributed by atoms with van der Waals surface area (Å²) in [6.07, 6.45) is -2.91. The number of hydrogen-bond acceptors (Lipinski definition) is 5. The van der Waals surface area contributed by atoms with Gasteiger partial charge in [0.05, 0.1) is 6.10 Å². The highest BCUT2D eigenvalue weighted by Crippen LogP contribution is 2.38. The Morgan fingerprint density at radius 3 is 2.42 bits per heavy atom. The highest BCUT2D eigenvalue weighted by Gasteiger charge is 2.51. The number of rotatable bonds is 2. The largest absolute Gasteiger partial charge is 0.388 e. The molecular formula is C14H18O5. The lowest BCUT2D eigenvalue weighted by Crippen LogP contribution is -2.55. The van der Waals surface area contributed by atoms with E-state index in [1.807, 2.05) is 30.3 Å². The van der Waals surface area contributed by atoms with E-state index >= 15 is 0 Å². The van der Waals surface area contributed by atoms with Crippen LogP contribution in [0.3, 0.4) is 0 Å². The van der Waals surface area contributed by atoms with Crippen molar-refractivity contribution in [3.8, 4) is 0 Å². The van der Waals surface area contributed by atoms with Crippen molar-refractivity contribution >= 4 is 0 Å². The van der Waals surface area contributed by atoms with Gasteiger partial charge in [0.25, 0.3) is 0 Å². The number of aliphatic hydroxyl groups excluding tert-OH is 1. The van der Waals surface area contributed by atoms with Gasteiger partial charge in [-0.3, -0.25) is 0 Å². The Morgan fingerprint density at radius 1 is 1.05 bits per heavy atom. The Labute approximate surface area is 112 Å². The third-order valence-electron chi connectivity index (χ3n) is 3.62. The van der Waals surface area contributed by atoms with E-state index in [2.05, 4.69) is 0 Å². The summed E-state index contributed by atoms with van der Waals surface area (Å²) in [4.78, 5) is 0. The van der Waals surface area contributed by atoms with Crippen molar-refractivity contribution in [2.45, 2.75) is 43.9 Å². The van der Waals surface area contributed by atoms with Gasteiger partial charge in [-0.15, -0.1) is 0 Å². The highest BCUT2D eigenvalue weighted by atomic mass is 16.8. The molecule has 0 spiro atoms. The van der Waals surface area contributed by atoms with Crippen molar-refractivity contribution in [2.75, 3.05) is 7.11 Å². The van der Waals surface area contributed by atoms with Crippen molar-refractivity contribution < 1.29 is 24.1 Å². The van der Waals surface area contributed by atoms with Gasteiger partial charge < -0.3 is 24.1 Å². The summed E-state index contributed by atoms with van der Waals surface area (Å²) < 4.78 is 22.5. The van der Waals surface area contributed by atoms with Gasteiger partial charge >= 0.3 is 0 Å². The molecule has 1 aromatic carbocycles. The fourth-order valence-corrected chi connectivity index (χ4v) is 2.56. The van der Waals surface area contributed by atoms with Crippen LogP contribution in [0.4, 0.5) is 0 Å². The zero-order valence-corrected chi connectivity index (χ0v) is 10.9. The van der Waals surface area contributed by atoms with Crippen LogP contribution in [0.2, 0.25) is 0 Å². The molecule has 0 aliphatic carbocycles. The Bertz CT molecular complexity index is 417. The zero-order valence-electron chi connectivity index (χ0n) is 10.9. The monoisotopic (exact) mass is 266 g/mol. The summed E-state index contributed by atoms with van der Waals surface area (Å²) in [5, 5.41) is 10.1. The molecule has 2 aliphatic rings. The van der Waals surface area contributed by atoms with Crippen molar-refractivity contribution in [1.82, 2.24) is 0 Å². The van der Waals surface area contributed by atoms with E-state index in [1.165, 1.54) is 0 Å². The summed E-state index contributed by atoms with van der Waals surface area (Å²) >= 11 is 0. The van der Waals surface area contributed by atoms with E-state index in [4.69, 9.17) is 18.9 Å². The SMILES string of the molecule is COC1O[C@@H](C)[C@H](O)[C@H]2OC(c3ccccc3)O[C@@H]12. The molecular weight excluding hydrogens is 248 g/mol. The molecule has 0 amide bonds. The predicted molar refractivity (Wildman–Crippen MR) is 66.3 cm³/mol. The quantitative estimate of drug-likeness (QED) is 0.872. The van der Waals surface area contributed by atoms with E-state index in [0.717, 1.165) is 5.56 Å². The number of benzene rings is 1. The second-order valence-electron chi connectivity index (χ2n) is 4.88. The molecule has 5 heteroatoms. The average molecular weight is 266 g/mol. The lowest BCUT2D eigenvalue weighted by atomic mass is 10.0. The number of methoxy groups -OCH3 is 1. The third kappa shape index (κ3) is 2.28. The lowest BCUT2D eigenvalue weighted by molar-refractivity contribution is -0.261. The minimum Gasteiger partial charge on any atom is -0.388 e. The van der Waals surface area contributed by atoms with E-state index in [1.54, 1.807) is 14.0 Å². The third-order valence-corrected chi connectivity index (χ3v) is 3.62. The van der Waals surface area contributed by atoms with Crippen molar-refractivity contribution in [1.29, 1.82) is 0 Å². The summed E-state index contributed by atoms with van der Waals surface area (Å²) in [7, 11) is 1.56. The fourth-order valence-electron chi connectivity index (χ4n) is 2.56. The topological polar surface area (TPSA) is 57.2 Å². The second kappa shape index (κ2) is 5.19. The van der Waals surface area contributed by atoms with Crippen LogP contribution >= 0.6 is 0 Å². The molecule has 0 radical (unpaired) electrons. The average Bonchev–Trinajstić information content (AvgIpc) is 2.89. The van der Waals surface area contributed by atoms with Crippen LogP contribution in [0.5, 0.6) is 0 Å². The molecule has 5 nitrogen and oxygen atoms in total. The van der Waals surface area contributed by atoms with Gasteiger partial charge in [-0.25, -0.2) is 0 Å². The molecule has 2 aliphatic heterocycles. The van der Waals surface area contributed by atoms with Gasteiger partial charge in [0.2, 0.25) is 0 Å². The normalized spacial score (nSPS) is 42.1. The number of aliphatic hydroxyl groups is 1. The fraction of sp³-hybridized carbons (Fsp3) is 0.571. The molecule has 19 heavy (non-hydrogen) atoms. The Balaban J connectivity index is 1.81. The molecule has 1 aromatic rings. The van der Waals surface area contributed by atoms with Crippen LogP contribution in [-0.4, -0.2) is 42.9 Å². The van der Waals surface area contributed by atoms with Crippen LogP contribution < -0.4 is 0 Å². The summed E-state index contributed by atoms with van der Waals surface area (Å²) in [6.45, 7) is 1.80. The first-order valence-corrected chi connectivity index (χ1v) is 6.43. The number of ether oxygens (including phenoxy) is 4. The lowest BCUT2D eigenvalue weighted by Gasteiger charge is -2.37. The Morgan fingerprint density at radius 2 is 1.74 bits per heavy atom. The van der Waals surface area contributed by atoms with Crippen LogP contribution in [0.25, 0.3) is 0 Å². The molecule has 6 atom stereocenters. The molecule has 2 unspecified atom stereocenters. The standard InChI is InChI=1S/C14H18O5/c1-8-10(15)11-12(14(16-2)17-8)19-13(18-11)9-6-4-3-5-7-9/h3-8,10-15H,1-2H3/t8-,10-,11+,12+,13?,14?/m0/s1. The van der Waals surface area contributed by atoms with Gasteiger partial charge in [-0.05, 0) is 6.92 Å².